The van der Waals surface area contributed by atoms with Crippen LogP contribution in [0.2, 0.25) is 0 Å². The first-order chi connectivity index (χ1) is 13.0. The molecule has 2 amide bonds. The number of ether oxygens (including phenoxy) is 2. The molecule has 0 saturated heterocycles. The Morgan fingerprint density at radius 1 is 1.14 bits per heavy atom. The fraction of sp³-hybridized carbons (Fsp3) is 0.526. The Balaban J connectivity index is 0. The Bertz CT molecular complexity index is 608. The summed E-state index contributed by atoms with van der Waals surface area (Å²) < 4.78 is 9.43. The molecule has 1 rings (SSSR count). The second-order valence-corrected chi connectivity index (χ2v) is 6.84. The van der Waals surface area contributed by atoms with Gasteiger partial charge in [-0.05, 0) is 32.8 Å². The predicted octanol–water partition coefficient (Wildman–Crippen LogP) is 4.56. The molecule has 0 saturated carbocycles. The van der Waals surface area contributed by atoms with E-state index in [0.29, 0.717) is 19.3 Å². The third-order valence-corrected chi connectivity index (χ3v) is 3.12. The fourth-order valence-corrected chi connectivity index (χ4v) is 1.92. The molecule has 4 N–H and O–H groups in total. The minimum atomic E-state index is -1.09. The smallest absolute Gasteiger partial charge is 0.677 e. The number of carboxylic acid groups (broad SMARTS) is 1. The van der Waals surface area contributed by atoms with Gasteiger partial charge in [0.15, 0.2) is 0 Å². The molecule has 29 heavy (non-hydrogen) atoms. The second kappa shape index (κ2) is 15.7. The average molecular weight is 586 g/mol. The standard InChI is InChI=1S/C14H19N2O4.C5H11NO2.Os/c15-9-5-4-8-12(13(17)18)16-14(19)20-10-11-6-2-1-3-7-11;1-5(2,3)8-4(6)7;/h1-3,6-7,12,15H,4-5,8-10H2,(H,16,19)(H,17,18);1-3H3,(H2,6,7);/q-1;;+2/p-1/t12-;;/m0../s1. The van der Waals surface area contributed by atoms with Gasteiger partial charge in [-0.2, -0.15) is 6.54 Å². The van der Waals surface area contributed by atoms with Crippen molar-refractivity contribution in [3.63, 3.8) is 0 Å². The molecular weight excluding hydrogens is 556 g/mol. The van der Waals surface area contributed by atoms with Gasteiger partial charge in [-0.25, -0.2) is 9.59 Å². The monoisotopic (exact) mass is 587 g/mol. The zero-order chi connectivity index (χ0) is 21.6. The van der Waals surface area contributed by atoms with E-state index in [2.05, 4.69) is 10.1 Å². The van der Waals surface area contributed by atoms with Crippen molar-refractivity contribution in [3.05, 3.63) is 47.4 Å². The Labute approximate surface area is 184 Å². The molecule has 0 aromatic heterocycles. The summed E-state index contributed by atoms with van der Waals surface area (Å²) in [4.78, 5) is 32.4. The van der Waals surface area contributed by atoms with Crippen molar-refractivity contribution in [1.82, 2.24) is 5.32 Å². The molecule has 1 aromatic carbocycles. The normalized spacial score (nSPS) is 11.0. The third kappa shape index (κ3) is 17.6. The molecule has 1 aromatic rings. The minimum absolute atomic E-state index is 0. The molecule has 0 fully saturated rings. The van der Waals surface area contributed by atoms with Crippen molar-refractivity contribution in [3.8, 4) is 0 Å². The Morgan fingerprint density at radius 3 is 2.14 bits per heavy atom. The van der Waals surface area contributed by atoms with Gasteiger partial charge in [-0.1, -0.05) is 43.2 Å². The number of carbonyl (C=O) groups excluding carboxylic acids is 2. The molecule has 0 spiro atoms. The molecule has 10 heteroatoms. The summed E-state index contributed by atoms with van der Waals surface area (Å²) in [6.07, 6.45) is -0.219. The molecule has 0 aliphatic rings. The second-order valence-electron chi connectivity index (χ2n) is 6.84. The van der Waals surface area contributed by atoms with E-state index in [4.69, 9.17) is 21.3 Å². The van der Waals surface area contributed by atoms with Gasteiger partial charge in [0.25, 0.3) is 0 Å². The summed E-state index contributed by atoms with van der Waals surface area (Å²) in [7, 11) is 0. The van der Waals surface area contributed by atoms with Crippen LogP contribution in [0.4, 0.5) is 9.59 Å². The Kier molecular flexibility index (Phi) is 15.7. The van der Waals surface area contributed by atoms with Gasteiger partial charge in [-0.3, -0.25) is 4.79 Å². The SMILES string of the molecule is CC(C)(C)OC([NH-])=O.[NH-]CCCC[C@H](NC(=O)OCc1ccccc1)C(=O)O.[Os+2]. The van der Waals surface area contributed by atoms with Crippen molar-refractivity contribution in [2.75, 3.05) is 6.54 Å². The first-order valence-electron chi connectivity index (χ1n) is 8.84. The molecule has 0 aliphatic heterocycles. The number of benzene rings is 1. The molecular formula is C19H29N3O6Os. The van der Waals surface area contributed by atoms with E-state index < -0.39 is 29.8 Å². The summed E-state index contributed by atoms with van der Waals surface area (Å²) in [5.41, 5.74) is 13.7. The molecule has 0 heterocycles. The van der Waals surface area contributed by atoms with Gasteiger partial charge < -0.3 is 31.4 Å². The van der Waals surface area contributed by atoms with Crippen LogP contribution in [0.25, 0.3) is 11.5 Å². The summed E-state index contributed by atoms with van der Waals surface area (Å²) >= 11 is 0. The topological polar surface area (TPSA) is 150 Å². The van der Waals surface area contributed by atoms with Gasteiger partial charge in [0.1, 0.15) is 18.2 Å². The van der Waals surface area contributed by atoms with Crippen molar-refractivity contribution in [2.45, 2.75) is 58.3 Å². The van der Waals surface area contributed by atoms with E-state index in [-0.39, 0.29) is 32.9 Å². The minimum Gasteiger partial charge on any atom is -0.677 e. The number of amides is 2. The van der Waals surface area contributed by atoms with Crippen LogP contribution in [0.3, 0.4) is 0 Å². The van der Waals surface area contributed by atoms with Crippen LogP contribution in [-0.2, 0) is 40.7 Å². The maximum atomic E-state index is 11.5. The van der Waals surface area contributed by atoms with E-state index in [1.165, 1.54) is 0 Å². The van der Waals surface area contributed by atoms with Gasteiger partial charge in [0, 0.05) is 0 Å². The van der Waals surface area contributed by atoms with Crippen molar-refractivity contribution in [1.29, 1.82) is 0 Å². The molecule has 1 atom stereocenters. The number of nitrogens with one attached hydrogen (secondary N) is 3. The van der Waals surface area contributed by atoms with Crippen LogP contribution in [-0.4, -0.2) is 41.4 Å². The number of aliphatic carboxylic acids is 1. The van der Waals surface area contributed by atoms with E-state index in [9.17, 15) is 14.4 Å². The molecule has 0 radical (unpaired) electrons. The maximum Gasteiger partial charge on any atom is 2.00 e. The van der Waals surface area contributed by atoms with Crippen LogP contribution in [0.5, 0.6) is 0 Å². The number of hydrogen-bond donors (Lipinski definition) is 2. The maximum absolute atomic E-state index is 11.5. The number of rotatable bonds is 8. The Morgan fingerprint density at radius 2 is 1.72 bits per heavy atom. The third-order valence-electron chi connectivity index (χ3n) is 3.12. The fourth-order valence-electron chi connectivity index (χ4n) is 1.92. The quantitative estimate of drug-likeness (QED) is 0.427. The van der Waals surface area contributed by atoms with Gasteiger partial charge in [0.05, 0.1) is 0 Å². The first-order valence-corrected chi connectivity index (χ1v) is 8.84. The molecule has 9 nitrogen and oxygen atoms in total. The number of unbranched alkanes of at least 4 members (excludes halogenated alkanes) is 1. The van der Waals surface area contributed by atoms with Gasteiger partial charge in [-0.15, -0.1) is 0 Å². The summed E-state index contributed by atoms with van der Waals surface area (Å²) in [5.74, 6) is -1.09. The molecule has 0 aliphatic carbocycles. The summed E-state index contributed by atoms with van der Waals surface area (Å²) in [5, 5.41) is 11.3. The largest absolute Gasteiger partial charge is 2.00 e. The zero-order valence-electron chi connectivity index (χ0n) is 16.8. The van der Waals surface area contributed by atoms with Gasteiger partial charge in [0.2, 0.25) is 6.09 Å². The summed E-state index contributed by atoms with van der Waals surface area (Å²) in [6.45, 7) is 5.52. The van der Waals surface area contributed by atoms with Crippen LogP contribution < -0.4 is 5.32 Å². The number of carboxylic acids is 1. The first kappa shape index (κ1) is 29.0. The van der Waals surface area contributed by atoms with Crippen LogP contribution in [0, 0.1) is 0 Å². The average Bonchev–Trinajstić information content (AvgIpc) is 2.58. The van der Waals surface area contributed by atoms with E-state index in [1.807, 2.05) is 30.3 Å². The number of alkyl carbamates (subject to hydrolysis) is 1. The van der Waals surface area contributed by atoms with E-state index in [1.54, 1.807) is 20.8 Å². The molecule has 0 unspecified atom stereocenters. The molecule has 164 valence electrons. The van der Waals surface area contributed by atoms with Gasteiger partial charge >= 0.3 is 31.9 Å². The zero-order valence-corrected chi connectivity index (χ0v) is 19.4. The van der Waals surface area contributed by atoms with Crippen LogP contribution in [0.1, 0.15) is 45.6 Å². The van der Waals surface area contributed by atoms with Crippen molar-refractivity contribution < 1.29 is 48.8 Å². The van der Waals surface area contributed by atoms with Crippen molar-refractivity contribution in [2.24, 2.45) is 0 Å². The molecule has 0 bridgehead atoms. The Hall–Kier alpha value is -2.17. The van der Waals surface area contributed by atoms with E-state index in [0.717, 1.165) is 5.56 Å². The summed E-state index contributed by atoms with van der Waals surface area (Å²) in [6, 6.07) is 8.18. The number of carbonyl (C=O) groups is 3. The van der Waals surface area contributed by atoms with Crippen LogP contribution in [0.15, 0.2) is 30.3 Å². The number of hydrogen-bond acceptors (Lipinski definition) is 5. The van der Waals surface area contributed by atoms with Crippen LogP contribution >= 0.6 is 0 Å². The predicted molar refractivity (Wildman–Crippen MR) is 105 cm³/mol. The van der Waals surface area contributed by atoms with Crippen molar-refractivity contribution >= 4 is 18.2 Å². The van der Waals surface area contributed by atoms with E-state index >= 15 is 0 Å².